The van der Waals surface area contributed by atoms with Crippen molar-refractivity contribution in [2.24, 2.45) is 0 Å². The van der Waals surface area contributed by atoms with Crippen LogP contribution in [0.5, 0.6) is 0 Å². The molecule has 4 rings (SSSR count). The molecule has 1 amide bonds. The third-order valence-corrected chi connectivity index (χ3v) is 4.21. The molecule has 3 aromatic rings. The summed E-state index contributed by atoms with van der Waals surface area (Å²) in [7, 11) is 0. The second kappa shape index (κ2) is 6.43. The van der Waals surface area contributed by atoms with Crippen LogP contribution in [0.2, 0.25) is 0 Å². The van der Waals surface area contributed by atoms with Crippen molar-refractivity contribution in [3.8, 4) is 11.6 Å². The van der Waals surface area contributed by atoms with E-state index in [2.05, 4.69) is 15.5 Å². The molecule has 1 aromatic carbocycles. The minimum absolute atomic E-state index is 0.195. The molecule has 1 N–H and O–H groups in total. The summed E-state index contributed by atoms with van der Waals surface area (Å²) in [5.41, 5.74) is 2.97. The zero-order valence-electron chi connectivity index (χ0n) is 13.9. The van der Waals surface area contributed by atoms with Crippen LogP contribution >= 0.6 is 0 Å². The van der Waals surface area contributed by atoms with Gasteiger partial charge in [0.25, 0.3) is 0 Å². The van der Waals surface area contributed by atoms with Gasteiger partial charge in [-0.05, 0) is 49.2 Å². The van der Waals surface area contributed by atoms with Gasteiger partial charge >= 0.3 is 0 Å². The van der Waals surface area contributed by atoms with Crippen molar-refractivity contribution in [1.82, 2.24) is 10.1 Å². The van der Waals surface area contributed by atoms with E-state index in [9.17, 15) is 4.79 Å². The second-order valence-electron chi connectivity index (χ2n) is 5.99. The Balaban J connectivity index is 1.43. The number of benzene rings is 1. The Morgan fingerprint density at radius 1 is 1.32 bits per heavy atom. The van der Waals surface area contributed by atoms with Crippen LogP contribution in [0.15, 0.2) is 45.5 Å². The molecule has 1 fully saturated rings. The number of nitrogens with zero attached hydrogens (tertiary/aromatic N) is 3. The van der Waals surface area contributed by atoms with Crippen LogP contribution in [0.3, 0.4) is 0 Å². The SMILES string of the molecule is Cc1cc(NCc2nc(-c3ccco3)no2)ccc1N1CCCC1=O. The molecule has 7 heteroatoms. The van der Waals surface area contributed by atoms with Crippen LogP contribution in [-0.2, 0) is 11.3 Å². The second-order valence-corrected chi connectivity index (χ2v) is 5.99. The first-order valence-electron chi connectivity index (χ1n) is 8.22. The number of furan rings is 1. The Bertz CT molecular complexity index is 886. The van der Waals surface area contributed by atoms with Gasteiger partial charge < -0.3 is 19.2 Å². The topological polar surface area (TPSA) is 84.4 Å². The predicted molar refractivity (Wildman–Crippen MR) is 92.1 cm³/mol. The van der Waals surface area contributed by atoms with Gasteiger partial charge in [-0.2, -0.15) is 4.98 Å². The summed E-state index contributed by atoms with van der Waals surface area (Å²) in [5, 5.41) is 7.16. The Morgan fingerprint density at radius 3 is 2.96 bits per heavy atom. The molecule has 3 heterocycles. The number of carbonyl (C=O) groups excluding carboxylic acids is 1. The van der Waals surface area contributed by atoms with Gasteiger partial charge in [-0.3, -0.25) is 4.79 Å². The molecule has 1 saturated heterocycles. The van der Waals surface area contributed by atoms with E-state index < -0.39 is 0 Å². The molecule has 0 unspecified atom stereocenters. The number of rotatable bonds is 5. The van der Waals surface area contributed by atoms with Gasteiger partial charge in [0.2, 0.25) is 17.6 Å². The molecule has 1 aliphatic heterocycles. The molecule has 128 valence electrons. The molecule has 2 aromatic heterocycles. The first-order valence-corrected chi connectivity index (χ1v) is 8.22. The maximum atomic E-state index is 11.9. The maximum Gasteiger partial charge on any atom is 0.246 e. The zero-order valence-corrected chi connectivity index (χ0v) is 13.9. The molecule has 0 spiro atoms. The number of aryl methyl sites for hydroxylation is 1. The highest BCUT2D eigenvalue weighted by molar-refractivity contribution is 5.96. The summed E-state index contributed by atoms with van der Waals surface area (Å²) in [6.45, 7) is 3.22. The van der Waals surface area contributed by atoms with Crippen molar-refractivity contribution in [3.63, 3.8) is 0 Å². The Labute approximate surface area is 144 Å². The van der Waals surface area contributed by atoms with Gasteiger partial charge in [0.15, 0.2) is 5.76 Å². The van der Waals surface area contributed by atoms with Crippen LogP contribution in [0.4, 0.5) is 11.4 Å². The number of nitrogens with one attached hydrogen (secondary N) is 1. The van der Waals surface area contributed by atoms with Crippen LogP contribution in [0.1, 0.15) is 24.3 Å². The lowest BCUT2D eigenvalue weighted by Gasteiger charge is -2.19. The lowest BCUT2D eigenvalue weighted by molar-refractivity contribution is -0.117. The van der Waals surface area contributed by atoms with Crippen LogP contribution in [0.25, 0.3) is 11.6 Å². The lowest BCUT2D eigenvalue weighted by Crippen LogP contribution is -2.24. The van der Waals surface area contributed by atoms with Gasteiger partial charge in [0.05, 0.1) is 12.8 Å². The summed E-state index contributed by atoms with van der Waals surface area (Å²) in [4.78, 5) is 18.0. The molecule has 1 aliphatic rings. The third kappa shape index (κ3) is 3.13. The average Bonchev–Trinajstić information content (AvgIpc) is 3.35. The van der Waals surface area contributed by atoms with Crippen LogP contribution < -0.4 is 10.2 Å². The first-order chi connectivity index (χ1) is 12.2. The highest BCUT2D eigenvalue weighted by Crippen LogP contribution is 2.27. The zero-order chi connectivity index (χ0) is 17.2. The predicted octanol–water partition coefficient (Wildman–Crippen LogP) is 3.38. The summed E-state index contributed by atoms with van der Waals surface area (Å²) < 4.78 is 10.5. The molecule has 0 radical (unpaired) electrons. The molecule has 0 bridgehead atoms. The summed E-state index contributed by atoms with van der Waals surface area (Å²) in [5.74, 6) is 1.68. The first kappa shape index (κ1) is 15.4. The number of carbonyl (C=O) groups is 1. The van der Waals surface area contributed by atoms with Gasteiger partial charge in [-0.25, -0.2) is 0 Å². The van der Waals surface area contributed by atoms with Crippen LogP contribution in [-0.4, -0.2) is 22.6 Å². The van der Waals surface area contributed by atoms with E-state index in [1.165, 1.54) is 0 Å². The van der Waals surface area contributed by atoms with Crippen molar-refractivity contribution in [2.45, 2.75) is 26.3 Å². The van der Waals surface area contributed by atoms with Crippen molar-refractivity contribution in [2.75, 3.05) is 16.8 Å². The number of amides is 1. The van der Waals surface area contributed by atoms with Gasteiger partial charge in [0.1, 0.15) is 0 Å². The van der Waals surface area contributed by atoms with Gasteiger partial charge in [0, 0.05) is 24.3 Å². The molecule has 7 nitrogen and oxygen atoms in total. The summed E-state index contributed by atoms with van der Waals surface area (Å²) >= 11 is 0. The summed E-state index contributed by atoms with van der Waals surface area (Å²) in [6, 6.07) is 9.51. The molecular formula is C18H18N4O3. The fraction of sp³-hybridized carbons (Fsp3) is 0.278. The van der Waals surface area contributed by atoms with E-state index in [-0.39, 0.29) is 5.91 Å². The Kier molecular flexibility index (Phi) is 3.97. The average molecular weight is 338 g/mol. The van der Waals surface area contributed by atoms with E-state index in [0.29, 0.717) is 30.4 Å². The van der Waals surface area contributed by atoms with Crippen LogP contribution in [0, 0.1) is 6.92 Å². The fourth-order valence-corrected chi connectivity index (χ4v) is 2.98. The smallest absolute Gasteiger partial charge is 0.246 e. The number of aromatic nitrogens is 2. The standard InChI is InChI=1S/C18H18N4O3/c1-12-10-13(6-7-14(12)22-8-2-5-17(22)23)19-11-16-20-18(21-25-16)15-4-3-9-24-15/h3-4,6-7,9-10,19H,2,5,8,11H2,1H3. The maximum absolute atomic E-state index is 11.9. The highest BCUT2D eigenvalue weighted by atomic mass is 16.5. The van der Waals surface area contributed by atoms with Crippen molar-refractivity contribution < 1.29 is 13.7 Å². The Hall–Kier alpha value is -3.09. The van der Waals surface area contributed by atoms with E-state index in [1.807, 2.05) is 30.0 Å². The van der Waals surface area contributed by atoms with Crippen molar-refractivity contribution in [3.05, 3.63) is 48.0 Å². The van der Waals surface area contributed by atoms with E-state index in [0.717, 1.165) is 29.9 Å². The lowest BCUT2D eigenvalue weighted by atomic mass is 10.1. The molecular weight excluding hydrogens is 320 g/mol. The number of hydrogen-bond acceptors (Lipinski definition) is 6. The minimum Gasteiger partial charge on any atom is -0.461 e. The monoisotopic (exact) mass is 338 g/mol. The quantitative estimate of drug-likeness (QED) is 0.768. The van der Waals surface area contributed by atoms with Gasteiger partial charge in [-0.1, -0.05) is 5.16 Å². The molecule has 25 heavy (non-hydrogen) atoms. The molecule has 0 saturated carbocycles. The fourth-order valence-electron chi connectivity index (χ4n) is 2.98. The minimum atomic E-state index is 0.195. The van der Waals surface area contributed by atoms with E-state index >= 15 is 0 Å². The van der Waals surface area contributed by atoms with Crippen molar-refractivity contribution >= 4 is 17.3 Å². The number of hydrogen-bond donors (Lipinski definition) is 1. The molecule has 0 aliphatic carbocycles. The third-order valence-electron chi connectivity index (χ3n) is 4.21. The normalized spacial score (nSPS) is 14.3. The van der Waals surface area contributed by atoms with E-state index in [1.54, 1.807) is 18.4 Å². The Morgan fingerprint density at radius 2 is 2.24 bits per heavy atom. The highest BCUT2D eigenvalue weighted by Gasteiger charge is 2.22. The van der Waals surface area contributed by atoms with Crippen molar-refractivity contribution in [1.29, 1.82) is 0 Å². The molecule has 0 atom stereocenters. The van der Waals surface area contributed by atoms with Gasteiger partial charge in [-0.15, -0.1) is 0 Å². The van der Waals surface area contributed by atoms with E-state index in [4.69, 9.17) is 8.94 Å². The summed E-state index contributed by atoms with van der Waals surface area (Å²) in [6.07, 6.45) is 3.13. The largest absolute Gasteiger partial charge is 0.461 e. The number of anilines is 2.